The van der Waals surface area contributed by atoms with E-state index in [9.17, 15) is 0 Å². The average Bonchev–Trinajstić information content (AvgIpc) is 2.93. The maximum atomic E-state index is 5.98. The van der Waals surface area contributed by atoms with Crippen molar-refractivity contribution >= 4 is 5.88 Å². The Bertz CT molecular complexity index is 769. The van der Waals surface area contributed by atoms with Gasteiger partial charge in [-0.15, -0.1) is 0 Å². The van der Waals surface area contributed by atoms with E-state index in [1.807, 2.05) is 51.1 Å². The van der Waals surface area contributed by atoms with Crippen molar-refractivity contribution in [1.29, 1.82) is 0 Å². The highest BCUT2D eigenvalue weighted by atomic mass is 16.5. The highest BCUT2D eigenvalue weighted by Crippen LogP contribution is 2.39. The summed E-state index contributed by atoms with van der Waals surface area (Å²) in [5, 5.41) is 4.12. The number of aryl methyl sites for hydroxylation is 3. The third-order valence-corrected chi connectivity index (χ3v) is 3.43. The molecule has 0 fully saturated rings. The van der Waals surface area contributed by atoms with Crippen LogP contribution in [0.5, 0.6) is 0 Å². The zero-order valence-electron chi connectivity index (χ0n) is 11.7. The van der Waals surface area contributed by atoms with Gasteiger partial charge >= 0.3 is 0 Å². The molecule has 0 aliphatic carbocycles. The lowest BCUT2D eigenvalue weighted by Crippen LogP contribution is -1.90. The van der Waals surface area contributed by atoms with Crippen molar-refractivity contribution in [3.05, 3.63) is 47.4 Å². The van der Waals surface area contributed by atoms with Crippen molar-refractivity contribution in [2.24, 2.45) is 0 Å². The van der Waals surface area contributed by atoms with E-state index >= 15 is 0 Å². The van der Waals surface area contributed by atoms with Gasteiger partial charge in [0.15, 0.2) is 0 Å². The summed E-state index contributed by atoms with van der Waals surface area (Å²) in [6.07, 6.45) is 0. The molecule has 2 heterocycles. The Morgan fingerprint density at radius 1 is 1.05 bits per heavy atom. The first-order chi connectivity index (χ1) is 9.58. The molecule has 2 N–H and O–H groups in total. The van der Waals surface area contributed by atoms with Crippen LogP contribution in [0.15, 0.2) is 39.3 Å². The van der Waals surface area contributed by atoms with Gasteiger partial charge in [0, 0.05) is 5.56 Å². The second kappa shape index (κ2) is 4.56. The molecule has 0 radical (unpaired) electrons. The molecular formula is C16H16N2O2. The van der Waals surface area contributed by atoms with Crippen LogP contribution < -0.4 is 5.73 Å². The molecule has 0 unspecified atom stereocenters. The zero-order chi connectivity index (χ0) is 14.3. The van der Waals surface area contributed by atoms with Crippen LogP contribution in [-0.2, 0) is 0 Å². The fourth-order valence-corrected chi connectivity index (χ4v) is 2.47. The highest BCUT2D eigenvalue weighted by Gasteiger charge is 2.21. The van der Waals surface area contributed by atoms with E-state index in [0.29, 0.717) is 5.88 Å². The van der Waals surface area contributed by atoms with Crippen LogP contribution in [0, 0.1) is 20.8 Å². The molecule has 102 valence electrons. The Kier molecular flexibility index (Phi) is 2.86. The fourth-order valence-electron chi connectivity index (χ4n) is 2.47. The van der Waals surface area contributed by atoms with Crippen molar-refractivity contribution in [3.63, 3.8) is 0 Å². The van der Waals surface area contributed by atoms with Gasteiger partial charge in [-0.05, 0) is 38.0 Å². The molecule has 0 aliphatic rings. The number of hydrogen-bond acceptors (Lipinski definition) is 4. The van der Waals surface area contributed by atoms with E-state index in [0.717, 1.165) is 39.5 Å². The summed E-state index contributed by atoms with van der Waals surface area (Å²) in [7, 11) is 0. The average molecular weight is 268 g/mol. The lowest BCUT2D eigenvalue weighted by atomic mass is 9.97. The van der Waals surface area contributed by atoms with E-state index < -0.39 is 0 Å². The molecule has 0 spiro atoms. The number of nitrogens with two attached hydrogens (primary N) is 1. The lowest BCUT2D eigenvalue weighted by Gasteiger charge is -2.05. The summed E-state index contributed by atoms with van der Waals surface area (Å²) in [5.41, 5.74) is 10.6. The summed E-state index contributed by atoms with van der Waals surface area (Å²) in [6.45, 7) is 5.86. The van der Waals surface area contributed by atoms with Crippen LogP contribution in [0.2, 0.25) is 0 Å². The van der Waals surface area contributed by atoms with Crippen molar-refractivity contribution < 1.29 is 8.94 Å². The smallest absolute Gasteiger partial charge is 0.230 e. The van der Waals surface area contributed by atoms with Gasteiger partial charge in [-0.25, -0.2) is 0 Å². The van der Waals surface area contributed by atoms with E-state index in [4.69, 9.17) is 14.7 Å². The summed E-state index contributed by atoms with van der Waals surface area (Å²) < 4.78 is 10.8. The summed E-state index contributed by atoms with van der Waals surface area (Å²) >= 11 is 0. The molecule has 3 rings (SSSR count). The Balaban J connectivity index is 2.26. The topological polar surface area (TPSA) is 65.2 Å². The second-order valence-electron chi connectivity index (χ2n) is 4.91. The van der Waals surface area contributed by atoms with Crippen LogP contribution in [0.3, 0.4) is 0 Å². The molecule has 0 bridgehead atoms. The zero-order valence-corrected chi connectivity index (χ0v) is 11.7. The summed E-state index contributed by atoms with van der Waals surface area (Å²) in [4.78, 5) is 0. The quantitative estimate of drug-likeness (QED) is 0.759. The third-order valence-electron chi connectivity index (χ3n) is 3.43. The predicted octanol–water partition coefficient (Wildman–Crippen LogP) is 4.11. The van der Waals surface area contributed by atoms with Crippen molar-refractivity contribution in [1.82, 2.24) is 5.16 Å². The number of hydrogen-bond donors (Lipinski definition) is 1. The van der Waals surface area contributed by atoms with Gasteiger partial charge < -0.3 is 14.7 Å². The molecule has 0 saturated heterocycles. The van der Waals surface area contributed by atoms with Gasteiger partial charge in [-0.2, -0.15) is 0 Å². The molecule has 0 atom stereocenters. The van der Waals surface area contributed by atoms with Gasteiger partial charge in [-0.1, -0.05) is 29.4 Å². The Morgan fingerprint density at radius 3 is 2.45 bits per heavy atom. The van der Waals surface area contributed by atoms with Crippen molar-refractivity contribution in [2.75, 3.05) is 5.73 Å². The first-order valence-electron chi connectivity index (χ1n) is 6.46. The van der Waals surface area contributed by atoms with Crippen LogP contribution in [0.1, 0.15) is 17.1 Å². The first kappa shape index (κ1) is 12.5. The van der Waals surface area contributed by atoms with Crippen LogP contribution in [-0.4, -0.2) is 5.16 Å². The Morgan fingerprint density at radius 2 is 1.80 bits per heavy atom. The number of nitrogens with zero attached hydrogens (tertiary/aromatic N) is 1. The number of benzene rings is 1. The Labute approximate surface area is 117 Å². The molecular weight excluding hydrogens is 252 g/mol. The van der Waals surface area contributed by atoms with E-state index in [1.165, 1.54) is 0 Å². The number of nitrogen functional groups attached to an aromatic ring is 1. The SMILES string of the molecule is Cc1cc(-c2noc(N)c2-c2ccccc2C)c(C)o1. The van der Waals surface area contributed by atoms with Gasteiger partial charge in [0.1, 0.15) is 17.2 Å². The van der Waals surface area contributed by atoms with Gasteiger partial charge in [0.05, 0.1) is 5.56 Å². The summed E-state index contributed by atoms with van der Waals surface area (Å²) in [5.74, 6) is 1.98. The predicted molar refractivity (Wildman–Crippen MR) is 78.3 cm³/mol. The highest BCUT2D eigenvalue weighted by molar-refractivity contribution is 5.88. The molecule has 4 nitrogen and oxygen atoms in total. The van der Waals surface area contributed by atoms with E-state index in [-0.39, 0.29) is 0 Å². The molecule has 2 aromatic heterocycles. The molecule has 0 amide bonds. The number of rotatable bonds is 2. The van der Waals surface area contributed by atoms with E-state index in [2.05, 4.69) is 5.16 Å². The van der Waals surface area contributed by atoms with E-state index in [1.54, 1.807) is 0 Å². The van der Waals surface area contributed by atoms with Crippen LogP contribution in [0.4, 0.5) is 5.88 Å². The Hall–Kier alpha value is -2.49. The van der Waals surface area contributed by atoms with Crippen LogP contribution >= 0.6 is 0 Å². The normalized spacial score (nSPS) is 10.9. The summed E-state index contributed by atoms with van der Waals surface area (Å²) in [6, 6.07) is 9.99. The monoisotopic (exact) mass is 268 g/mol. The maximum Gasteiger partial charge on any atom is 0.230 e. The first-order valence-corrected chi connectivity index (χ1v) is 6.46. The molecule has 20 heavy (non-hydrogen) atoms. The fraction of sp³-hybridized carbons (Fsp3) is 0.188. The molecule has 0 aliphatic heterocycles. The molecule has 0 saturated carbocycles. The number of furan rings is 1. The third kappa shape index (κ3) is 1.90. The second-order valence-corrected chi connectivity index (χ2v) is 4.91. The molecule has 4 heteroatoms. The largest absolute Gasteiger partial charge is 0.466 e. The minimum Gasteiger partial charge on any atom is -0.466 e. The minimum absolute atomic E-state index is 0.326. The van der Waals surface area contributed by atoms with Gasteiger partial charge in [0.2, 0.25) is 5.88 Å². The molecule has 1 aromatic carbocycles. The number of anilines is 1. The lowest BCUT2D eigenvalue weighted by molar-refractivity contribution is 0.439. The minimum atomic E-state index is 0.326. The van der Waals surface area contributed by atoms with Gasteiger partial charge in [0.25, 0.3) is 0 Å². The molecule has 3 aromatic rings. The van der Waals surface area contributed by atoms with Crippen molar-refractivity contribution in [2.45, 2.75) is 20.8 Å². The number of aromatic nitrogens is 1. The van der Waals surface area contributed by atoms with Crippen molar-refractivity contribution in [3.8, 4) is 22.4 Å². The standard InChI is InChI=1S/C16H16N2O2/c1-9-6-4-5-7-12(9)14-15(18-20-16(14)17)13-8-10(2)19-11(13)3/h4-8H,17H2,1-3H3. The van der Waals surface area contributed by atoms with Crippen LogP contribution in [0.25, 0.3) is 22.4 Å². The van der Waals surface area contributed by atoms with Gasteiger partial charge in [-0.3, -0.25) is 0 Å². The maximum absolute atomic E-state index is 5.98.